The zero-order valence-electron chi connectivity index (χ0n) is 13.2. The third kappa shape index (κ3) is 5.47. The van der Waals surface area contributed by atoms with Crippen molar-refractivity contribution in [2.24, 2.45) is 0 Å². The van der Waals surface area contributed by atoms with Gasteiger partial charge in [-0.25, -0.2) is 17.5 Å². The number of likely N-dealkylation sites (tertiary alicyclic amines) is 1. The summed E-state index contributed by atoms with van der Waals surface area (Å²) < 4.78 is 43.8. The van der Waals surface area contributed by atoms with Crippen molar-refractivity contribution in [2.45, 2.75) is 31.9 Å². The molecule has 1 aromatic rings. The van der Waals surface area contributed by atoms with Gasteiger partial charge in [-0.1, -0.05) is 6.07 Å². The second-order valence-corrected chi connectivity index (χ2v) is 7.51. The second-order valence-electron chi connectivity index (χ2n) is 5.73. The molecule has 1 aromatic carbocycles. The Kier molecular flexibility index (Phi) is 5.59. The molecule has 0 radical (unpaired) electrons. The highest BCUT2D eigenvalue weighted by molar-refractivity contribution is 7.88. The first-order valence-corrected chi connectivity index (χ1v) is 9.32. The summed E-state index contributed by atoms with van der Waals surface area (Å²) in [5.41, 5.74) is 0. The monoisotopic (exact) mass is 344 g/mol. The average Bonchev–Trinajstić information content (AvgIpc) is 2.45. The van der Waals surface area contributed by atoms with Crippen molar-refractivity contribution in [1.82, 2.24) is 9.62 Å². The molecule has 8 heteroatoms. The summed E-state index contributed by atoms with van der Waals surface area (Å²) >= 11 is 0. The molecule has 1 fully saturated rings. The van der Waals surface area contributed by atoms with Crippen molar-refractivity contribution in [3.05, 3.63) is 30.1 Å². The zero-order chi connectivity index (χ0) is 17.0. The molecule has 1 heterocycles. The Hall–Kier alpha value is -1.67. The summed E-state index contributed by atoms with van der Waals surface area (Å²) in [4.78, 5) is 14.0. The molecule has 0 bridgehead atoms. The molecule has 1 amide bonds. The molecule has 0 unspecified atom stereocenters. The molecule has 1 N–H and O–H groups in total. The van der Waals surface area contributed by atoms with E-state index in [2.05, 4.69) is 4.72 Å². The lowest BCUT2D eigenvalue weighted by Gasteiger charge is -2.34. The van der Waals surface area contributed by atoms with Crippen molar-refractivity contribution in [3.8, 4) is 5.75 Å². The van der Waals surface area contributed by atoms with Gasteiger partial charge in [-0.15, -0.1) is 0 Å². The van der Waals surface area contributed by atoms with E-state index in [-0.39, 0.29) is 17.7 Å². The molecule has 0 saturated carbocycles. The lowest BCUT2D eigenvalue weighted by molar-refractivity contribution is -0.139. The second kappa shape index (κ2) is 7.27. The number of piperidine rings is 1. The number of nitrogens with one attached hydrogen (secondary N) is 1. The number of hydrogen-bond acceptors (Lipinski definition) is 4. The highest BCUT2D eigenvalue weighted by atomic mass is 32.2. The zero-order valence-corrected chi connectivity index (χ0v) is 14.0. The number of rotatable bonds is 5. The van der Waals surface area contributed by atoms with Crippen molar-refractivity contribution in [1.29, 1.82) is 0 Å². The van der Waals surface area contributed by atoms with Gasteiger partial charge in [0.15, 0.2) is 6.10 Å². The maximum atomic E-state index is 13.1. The predicted octanol–water partition coefficient (Wildman–Crippen LogP) is 1.13. The minimum Gasteiger partial charge on any atom is -0.481 e. The van der Waals surface area contributed by atoms with Gasteiger partial charge in [-0.05, 0) is 31.9 Å². The number of ether oxygens (including phenoxy) is 1. The number of benzene rings is 1. The fourth-order valence-corrected chi connectivity index (χ4v) is 3.43. The Balaban J connectivity index is 1.96. The van der Waals surface area contributed by atoms with Crippen LogP contribution in [0.3, 0.4) is 0 Å². The molecule has 0 spiro atoms. The van der Waals surface area contributed by atoms with Gasteiger partial charge in [0.1, 0.15) is 11.6 Å². The van der Waals surface area contributed by atoms with Crippen molar-refractivity contribution in [3.63, 3.8) is 0 Å². The Morgan fingerprint density at radius 1 is 1.48 bits per heavy atom. The number of nitrogens with zero attached hydrogens (tertiary/aromatic N) is 1. The minimum absolute atomic E-state index is 0.241. The quantitative estimate of drug-likeness (QED) is 0.869. The maximum absolute atomic E-state index is 13.1. The largest absolute Gasteiger partial charge is 0.481 e. The van der Waals surface area contributed by atoms with Crippen molar-refractivity contribution < 1.29 is 22.3 Å². The van der Waals surface area contributed by atoms with E-state index in [1.807, 2.05) is 0 Å². The van der Waals surface area contributed by atoms with Gasteiger partial charge in [-0.2, -0.15) is 0 Å². The molecule has 2 atom stereocenters. The number of sulfonamides is 1. The molecular weight excluding hydrogens is 323 g/mol. The molecule has 1 saturated heterocycles. The Labute approximate surface area is 135 Å². The summed E-state index contributed by atoms with van der Waals surface area (Å²) in [7, 11) is -3.31. The molecule has 1 aliphatic heterocycles. The van der Waals surface area contributed by atoms with Crippen LogP contribution >= 0.6 is 0 Å². The lowest BCUT2D eigenvalue weighted by atomic mass is 10.1. The Bertz CT molecular complexity index is 665. The van der Waals surface area contributed by atoms with Crippen molar-refractivity contribution >= 4 is 15.9 Å². The van der Waals surface area contributed by atoms with Gasteiger partial charge >= 0.3 is 0 Å². The predicted molar refractivity (Wildman–Crippen MR) is 84.1 cm³/mol. The van der Waals surface area contributed by atoms with E-state index in [0.29, 0.717) is 25.9 Å². The number of carbonyl (C=O) groups excluding carboxylic acids is 1. The van der Waals surface area contributed by atoms with E-state index in [9.17, 15) is 17.6 Å². The lowest BCUT2D eigenvalue weighted by Crippen LogP contribution is -2.52. The van der Waals surface area contributed by atoms with Crippen LogP contribution in [0, 0.1) is 5.82 Å². The van der Waals surface area contributed by atoms with Gasteiger partial charge in [0.05, 0.1) is 6.26 Å². The first kappa shape index (κ1) is 17.7. The standard InChI is InChI=1S/C15H21FN2O4S/c1-11(22-14-7-3-5-12(16)9-14)15(19)18-8-4-6-13(10-18)17-23(2,20)21/h3,5,7,9,11,13,17H,4,6,8,10H2,1-2H3/t11-,13+/m1/s1. The first-order valence-electron chi connectivity index (χ1n) is 7.43. The SMILES string of the molecule is C[C@@H](Oc1cccc(F)c1)C(=O)N1CCC[C@H](NS(C)(=O)=O)C1. The number of halogens is 1. The summed E-state index contributed by atoms with van der Waals surface area (Å²) in [6.45, 7) is 2.46. The van der Waals surface area contributed by atoms with Crippen LogP contribution in [-0.2, 0) is 14.8 Å². The van der Waals surface area contributed by atoms with Crippen LogP contribution in [0.25, 0.3) is 0 Å². The third-order valence-electron chi connectivity index (χ3n) is 3.57. The summed E-state index contributed by atoms with van der Waals surface area (Å²) in [5.74, 6) is -0.388. The summed E-state index contributed by atoms with van der Waals surface area (Å²) in [6.07, 6.45) is 1.74. The minimum atomic E-state index is -3.31. The molecule has 2 rings (SSSR count). The summed E-state index contributed by atoms with van der Waals surface area (Å²) in [6, 6.07) is 5.31. The van der Waals surface area contributed by atoms with Crippen LogP contribution in [0.4, 0.5) is 4.39 Å². The molecule has 6 nitrogen and oxygen atoms in total. The number of amides is 1. The first-order chi connectivity index (χ1) is 10.7. The molecule has 1 aliphatic rings. The fraction of sp³-hybridized carbons (Fsp3) is 0.533. The molecule has 0 aliphatic carbocycles. The van der Waals surface area contributed by atoms with E-state index in [1.165, 1.54) is 18.2 Å². The van der Waals surface area contributed by atoms with Gasteiger partial charge in [0.2, 0.25) is 10.0 Å². The molecule has 0 aromatic heterocycles. The normalized spacial score (nSPS) is 20.1. The average molecular weight is 344 g/mol. The molecular formula is C15H21FN2O4S. The number of hydrogen-bond donors (Lipinski definition) is 1. The Morgan fingerprint density at radius 2 is 2.22 bits per heavy atom. The maximum Gasteiger partial charge on any atom is 0.263 e. The van der Waals surface area contributed by atoms with Crippen molar-refractivity contribution in [2.75, 3.05) is 19.3 Å². The van der Waals surface area contributed by atoms with Crippen LogP contribution < -0.4 is 9.46 Å². The Morgan fingerprint density at radius 3 is 2.87 bits per heavy atom. The smallest absolute Gasteiger partial charge is 0.263 e. The highest BCUT2D eigenvalue weighted by Crippen LogP contribution is 2.17. The van der Waals surface area contributed by atoms with Crippen LogP contribution in [-0.4, -0.2) is 50.7 Å². The van der Waals surface area contributed by atoms with Crippen LogP contribution in [0.1, 0.15) is 19.8 Å². The van der Waals surface area contributed by atoms with Crippen LogP contribution in [0.5, 0.6) is 5.75 Å². The van der Waals surface area contributed by atoms with E-state index >= 15 is 0 Å². The van der Waals surface area contributed by atoms with E-state index < -0.39 is 21.9 Å². The fourth-order valence-electron chi connectivity index (χ4n) is 2.63. The van der Waals surface area contributed by atoms with E-state index in [1.54, 1.807) is 17.9 Å². The van der Waals surface area contributed by atoms with Gasteiger partial charge in [0.25, 0.3) is 5.91 Å². The summed E-state index contributed by atoms with van der Waals surface area (Å²) in [5, 5.41) is 0. The number of carbonyl (C=O) groups is 1. The van der Waals surface area contributed by atoms with Gasteiger partial charge in [-0.3, -0.25) is 4.79 Å². The van der Waals surface area contributed by atoms with E-state index in [0.717, 1.165) is 6.26 Å². The van der Waals surface area contributed by atoms with Gasteiger partial charge < -0.3 is 9.64 Å². The molecule has 128 valence electrons. The highest BCUT2D eigenvalue weighted by Gasteiger charge is 2.29. The van der Waals surface area contributed by atoms with Crippen LogP contribution in [0.2, 0.25) is 0 Å². The molecule has 23 heavy (non-hydrogen) atoms. The third-order valence-corrected chi connectivity index (χ3v) is 4.33. The van der Waals surface area contributed by atoms with E-state index in [4.69, 9.17) is 4.74 Å². The topological polar surface area (TPSA) is 75.7 Å². The van der Waals surface area contributed by atoms with Crippen LogP contribution in [0.15, 0.2) is 24.3 Å². The van der Waals surface area contributed by atoms with Gasteiger partial charge in [0, 0.05) is 25.2 Å².